The van der Waals surface area contributed by atoms with Crippen molar-refractivity contribution in [3.63, 3.8) is 0 Å². The molecule has 148 valence electrons. The van der Waals surface area contributed by atoms with Crippen LogP contribution in [0, 0.1) is 11.8 Å². The Morgan fingerprint density at radius 2 is 1.32 bits per heavy atom. The van der Waals surface area contributed by atoms with Crippen LogP contribution in [0.3, 0.4) is 0 Å². The zero-order chi connectivity index (χ0) is 18.0. The molecule has 2 heterocycles. The zero-order valence-electron chi connectivity index (χ0n) is 17.8. The maximum Gasteiger partial charge on any atom is 0.0787 e. The summed E-state index contributed by atoms with van der Waals surface area (Å²) in [5, 5.41) is 0. The third-order valence-electron chi connectivity index (χ3n) is 7.27. The first-order valence-electron chi connectivity index (χ1n) is 11.6. The molecule has 0 aliphatic carbocycles. The smallest absolute Gasteiger partial charge is 0.0787 e. The van der Waals surface area contributed by atoms with Gasteiger partial charge < -0.3 is 9.38 Å². The van der Waals surface area contributed by atoms with Crippen LogP contribution >= 0.6 is 0 Å². The average Bonchev–Trinajstić information content (AvgIpc) is 2.62. The number of likely N-dealkylation sites (tertiary alicyclic amines) is 2. The monoisotopic (exact) mass is 351 g/mol. The fourth-order valence-electron chi connectivity index (χ4n) is 5.08. The number of unbranched alkanes of at least 4 members (excludes halogenated alkanes) is 5. The van der Waals surface area contributed by atoms with Gasteiger partial charge in [0, 0.05) is 0 Å². The van der Waals surface area contributed by atoms with Crippen LogP contribution in [-0.4, -0.2) is 56.2 Å². The van der Waals surface area contributed by atoms with Crippen molar-refractivity contribution in [2.75, 3.05) is 46.8 Å². The van der Waals surface area contributed by atoms with Gasteiger partial charge in [0.25, 0.3) is 0 Å². The molecule has 0 aromatic heterocycles. The summed E-state index contributed by atoms with van der Waals surface area (Å²) < 4.78 is 1.37. The first kappa shape index (κ1) is 21.2. The van der Waals surface area contributed by atoms with E-state index in [1.165, 1.54) is 121 Å². The Morgan fingerprint density at radius 3 is 1.96 bits per heavy atom. The van der Waals surface area contributed by atoms with Gasteiger partial charge in [0.2, 0.25) is 0 Å². The summed E-state index contributed by atoms with van der Waals surface area (Å²) in [7, 11) is 4.81. The Labute approximate surface area is 158 Å². The highest BCUT2D eigenvalue weighted by atomic mass is 15.3. The highest BCUT2D eigenvalue weighted by molar-refractivity contribution is 4.71. The van der Waals surface area contributed by atoms with Crippen LogP contribution in [0.15, 0.2) is 0 Å². The van der Waals surface area contributed by atoms with Crippen molar-refractivity contribution < 1.29 is 4.48 Å². The topological polar surface area (TPSA) is 3.24 Å². The van der Waals surface area contributed by atoms with Gasteiger partial charge in [-0.15, -0.1) is 0 Å². The number of hydrogen-bond donors (Lipinski definition) is 0. The van der Waals surface area contributed by atoms with Gasteiger partial charge in [-0.2, -0.15) is 0 Å². The minimum absolute atomic E-state index is 1.04. The molecule has 0 unspecified atom stereocenters. The predicted octanol–water partition coefficient (Wildman–Crippen LogP) is 5.72. The van der Waals surface area contributed by atoms with Gasteiger partial charge in [0.15, 0.2) is 0 Å². The van der Waals surface area contributed by atoms with Crippen molar-refractivity contribution >= 4 is 0 Å². The lowest BCUT2D eigenvalue weighted by Crippen LogP contribution is -2.50. The van der Waals surface area contributed by atoms with Crippen LogP contribution in [-0.2, 0) is 0 Å². The van der Waals surface area contributed by atoms with Crippen molar-refractivity contribution in [3.8, 4) is 0 Å². The van der Waals surface area contributed by atoms with Gasteiger partial charge >= 0.3 is 0 Å². The average molecular weight is 352 g/mol. The van der Waals surface area contributed by atoms with Gasteiger partial charge in [-0.1, -0.05) is 51.9 Å². The number of piperidine rings is 2. The van der Waals surface area contributed by atoms with Crippen LogP contribution < -0.4 is 0 Å². The summed E-state index contributed by atoms with van der Waals surface area (Å²) in [6.07, 6.45) is 19.1. The van der Waals surface area contributed by atoms with Gasteiger partial charge in [0.05, 0.1) is 26.7 Å². The minimum Gasteiger partial charge on any atom is -0.326 e. The van der Waals surface area contributed by atoms with Gasteiger partial charge in [0.1, 0.15) is 0 Å². The molecular formula is C23H47N2+. The molecule has 0 radical (unpaired) electrons. The number of nitrogens with zero attached hydrogens (tertiary/aromatic N) is 2. The molecule has 0 N–H and O–H groups in total. The Balaban J connectivity index is 1.50. The molecule has 0 amide bonds. The van der Waals surface area contributed by atoms with Crippen LogP contribution in [0.1, 0.15) is 90.4 Å². The fourth-order valence-corrected chi connectivity index (χ4v) is 5.08. The maximum absolute atomic E-state index is 2.53. The molecule has 2 nitrogen and oxygen atoms in total. The Bertz CT molecular complexity index is 325. The molecule has 2 heteroatoms. The highest BCUT2D eigenvalue weighted by Gasteiger charge is 2.29. The standard InChI is InChI=1S/C23H47N2/c1-4-5-6-7-8-9-19-25(3)20-15-23(16-21-25)12-10-11-22-13-17-24(2)18-14-22/h22-23H,4-21H2,1-3H3/q+1. The molecule has 0 bridgehead atoms. The maximum atomic E-state index is 2.53. The SMILES string of the molecule is CCCCCCCC[N+]1(C)CCC(CCCC2CCN(C)CC2)CC1. The predicted molar refractivity (Wildman–Crippen MR) is 111 cm³/mol. The van der Waals surface area contributed by atoms with Gasteiger partial charge in [-0.25, -0.2) is 0 Å². The first-order valence-corrected chi connectivity index (χ1v) is 11.6. The van der Waals surface area contributed by atoms with Crippen molar-refractivity contribution in [2.45, 2.75) is 90.4 Å². The highest BCUT2D eigenvalue weighted by Crippen LogP contribution is 2.29. The first-order chi connectivity index (χ1) is 12.1. The van der Waals surface area contributed by atoms with Crippen LogP contribution in [0.25, 0.3) is 0 Å². The molecule has 2 rings (SSSR count). The molecule has 2 fully saturated rings. The van der Waals surface area contributed by atoms with Crippen LogP contribution in [0.4, 0.5) is 0 Å². The summed E-state index contributed by atoms with van der Waals surface area (Å²) in [4.78, 5) is 2.50. The quantitative estimate of drug-likeness (QED) is 0.340. The van der Waals surface area contributed by atoms with Crippen molar-refractivity contribution in [1.82, 2.24) is 4.90 Å². The van der Waals surface area contributed by atoms with E-state index in [4.69, 9.17) is 0 Å². The molecule has 0 saturated carbocycles. The fraction of sp³-hybridized carbons (Fsp3) is 1.00. The Kier molecular flexibility index (Phi) is 9.84. The summed E-state index contributed by atoms with van der Waals surface area (Å²) in [5.41, 5.74) is 0. The van der Waals surface area contributed by atoms with E-state index in [0.717, 1.165) is 11.8 Å². The molecule has 2 aliphatic heterocycles. The molecule has 25 heavy (non-hydrogen) atoms. The summed E-state index contributed by atoms with van der Waals surface area (Å²) in [6.45, 7) is 9.32. The van der Waals surface area contributed by atoms with E-state index in [2.05, 4.69) is 25.9 Å². The number of rotatable bonds is 11. The summed E-state index contributed by atoms with van der Waals surface area (Å²) in [5.74, 6) is 2.08. The van der Waals surface area contributed by atoms with E-state index in [1.54, 1.807) is 0 Å². The number of hydrogen-bond acceptors (Lipinski definition) is 1. The second kappa shape index (κ2) is 11.6. The van der Waals surface area contributed by atoms with E-state index in [1.807, 2.05) is 0 Å². The normalized spacial score (nSPS) is 29.2. The Hall–Kier alpha value is -0.0800. The molecular weight excluding hydrogens is 304 g/mol. The third kappa shape index (κ3) is 8.43. The summed E-state index contributed by atoms with van der Waals surface area (Å²) in [6, 6.07) is 0. The van der Waals surface area contributed by atoms with E-state index in [0.29, 0.717) is 0 Å². The lowest BCUT2D eigenvalue weighted by molar-refractivity contribution is -0.915. The third-order valence-corrected chi connectivity index (χ3v) is 7.27. The summed E-state index contributed by atoms with van der Waals surface area (Å²) >= 11 is 0. The number of quaternary nitrogens is 1. The molecule has 0 atom stereocenters. The van der Waals surface area contributed by atoms with Crippen LogP contribution in [0.2, 0.25) is 0 Å². The van der Waals surface area contributed by atoms with E-state index in [9.17, 15) is 0 Å². The second-order valence-corrected chi connectivity index (χ2v) is 9.68. The lowest BCUT2D eigenvalue weighted by Gasteiger charge is -2.41. The molecule has 2 aliphatic rings. The molecule has 0 aromatic rings. The zero-order valence-corrected chi connectivity index (χ0v) is 17.8. The Morgan fingerprint density at radius 1 is 0.760 bits per heavy atom. The van der Waals surface area contributed by atoms with E-state index in [-0.39, 0.29) is 0 Å². The van der Waals surface area contributed by atoms with E-state index < -0.39 is 0 Å². The minimum atomic E-state index is 1.04. The van der Waals surface area contributed by atoms with Crippen molar-refractivity contribution in [2.24, 2.45) is 11.8 Å². The molecule has 0 spiro atoms. The molecule has 0 aromatic carbocycles. The van der Waals surface area contributed by atoms with Crippen molar-refractivity contribution in [3.05, 3.63) is 0 Å². The van der Waals surface area contributed by atoms with Crippen LogP contribution in [0.5, 0.6) is 0 Å². The van der Waals surface area contributed by atoms with Gasteiger partial charge in [-0.3, -0.25) is 0 Å². The molecule has 2 saturated heterocycles. The van der Waals surface area contributed by atoms with Gasteiger partial charge in [-0.05, 0) is 70.5 Å². The largest absolute Gasteiger partial charge is 0.326 e. The van der Waals surface area contributed by atoms with Crippen molar-refractivity contribution in [1.29, 1.82) is 0 Å². The second-order valence-electron chi connectivity index (χ2n) is 9.68. The van der Waals surface area contributed by atoms with E-state index >= 15 is 0 Å². The lowest BCUT2D eigenvalue weighted by atomic mass is 9.86.